The number of hydrogen-bond donors (Lipinski definition) is 3. The fraction of sp³-hybridized carbons (Fsp3) is 0.222. The maximum Gasteiger partial charge on any atom is 0.328 e. The number of methoxy groups -OCH3 is 1. The number of carbonyl (C=O) groups is 1. The van der Waals surface area contributed by atoms with Crippen LogP contribution >= 0.6 is 0 Å². The molecule has 0 aliphatic rings. The Morgan fingerprint density at radius 3 is 2.59 bits per heavy atom. The minimum Gasteiger partial charge on any atom is -0.495 e. The van der Waals surface area contributed by atoms with Crippen LogP contribution in [0.4, 0.5) is 10.5 Å². The van der Waals surface area contributed by atoms with Crippen molar-refractivity contribution < 1.29 is 17.9 Å². The second-order valence-corrected chi connectivity index (χ2v) is 4.75. The summed E-state index contributed by atoms with van der Waals surface area (Å²) in [5.74, 6) is 0.107. The number of rotatable bonds is 3. The van der Waals surface area contributed by atoms with Gasteiger partial charge in [-0.1, -0.05) is 0 Å². The van der Waals surface area contributed by atoms with Crippen molar-refractivity contribution in [2.75, 3.05) is 19.9 Å². The largest absolute Gasteiger partial charge is 0.495 e. The average molecular weight is 259 g/mol. The molecule has 17 heavy (non-hydrogen) atoms. The van der Waals surface area contributed by atoms with Gasteiger partial charge in [-0.15, -0.1) is 0 Å². The molecule has 0 saturated carbocycles. The topological polar surface area (TPSA) is 111 Å². The van der Waals surface area contributed by atoms with Crippen molar-refractivity contribution >= 4 is 21.7 Å². The quantitative estimate of drug-likeness (QED) is 0.656. The molecular formula is C9H13N3O4S. The lowest BCUT2D eigenvalue weighted by molar-refractivity contribution is 0.247. The van der Waals surface area contributed by atoms with E-state index in [2.05, 4.69) is 5.32 Å². The molecule has 0 aliphatic heterocycles. The van der Waals surface area contributed by atoms with E-state index in [1.54, 1.807) is 0 Å². The van der Waals surface area contributed by atoms with Crippen LogP contribution in [0.25, 0.3) is 0 Å². The molecule has 0 aliphatic carbocycles. The zero-order valence-corrected chi connectivity index (χ0v) is 10.2. The maximum absolute atomic E-state index is 11.8. The molecule has 2 amide bonds. The standard InChI is InChI=1S/C9H13N3O4S/c1-11-9(13)12-17(14,15)8-5-6(10)3-4-7(8)16-2/h3-5H,10H2,1-2H3,(H2,11,12,13). The van der Waals surface area contributed by atoms with Crippen molar-refractivity contribution in [2.24, 2.45) is 0 Å². The predicted octanol–water partition coefficient (Wildman–Crippen LogP) is -0.105. The van der Waals surface area contributed by atoms with Gasteiger partial charge in [-0.05, 0) is 18.2 Å². The van der Waals surface area contributed by atoms with Gasteiger partial charge in [0.1, 0.15) is 10.6 Å². The van der Waals surface area contributed by atoms with Crippen LogP contribution in [-0.2, 0) is 10.0 Å². The van der Waals surface area contributed by atoms with E-state index in [1.807, 2.05) is 4.72 Å². The summed E-state index contributed by atoms with van der Waals surface area (Å²) < 4.78 is 30.4. The monoisotopic (exact) mass is 259 g/mol. The summed E-state index contributed by atoms with van der Waals surface area (Å²) in [6.45, 7) is 0. The van der Waals surface area contributed by atoms with E-state index < -0.39 is 16.1 Å². The lowest BCUT2D eigenvalue weighted by Crippen LogP contribution is -2.37. The molecule has 0 aromatic heterocycles. The number of hydrogen-bond acceptors (Lipinski definition) is 5. The van der Waals surface area contributed by atoms with Crippen molar-refractivity contribution in [3.05, 3.63) is 18.2 Å². The van der Waals surface area contributed by atoms with Gasteiger partial charge >= 0.3 is 6.03 Å². The molecule has 1 aromatic rings. The number of urea groups is 1. The number of nitrogen functional groups attached to an aromatic ring is 1. The normalized spacial score (nSPS) is 10.7. The van der Waals surface area contributed by atoms with Gasteiger partial charge in [0, 0.05) is 12.7 Å². The second-order valence-electron chi connectivity index (χ2n) is 3.09. The van der Waals surface area contributed by atoms with E-state index in [4.69, 9.17) is 10.5 Å². The highest BCUT2D eigenvalue weighted by atomic mass is 32.2. The summed E-state index contributed by atoms with van der Waals surface area (Å²) in [4.78, 5) is 10.8. The summed E-state index contributed by atoms with van der Waals surface area (Å²) in [7, 11) is -1.37. The Morgan fingerprint density at radius 1 is 1.41 bits per heavy atom. The SMILES string of the molecule is CNC(=O)NS(=O)(=O)c1cc(N)ccc1OC. The van der Waals surface area contributed by atoms with Crippen molar-refractivity contribution in [2.45, 2.75) is 4.90 Å². The number of ether oxygens (including phenoxy) is 1. The molecule has 0 atom stereocenters. The third-order valence-electron chi connectivity index (χ3n) is 1.93. The van der Waals surface area contributed by atoms with Gasteiger partial charge in [-0.25, -0.2) is 17.9 Å². The van der Waals surface area contributed by atoms with E-state index in [1.165, 1.54) is 32.4 Å². The molecule has 8 heteroatoms. The molecule has 0 saturated heterocycles. The van der Waals surface area contributed by atoms with Crippen molar-refractivity contribution in [3.63, 3.8) is 0 Å². The summed E-state index contributed by atoms with van der Waals surface area (Å²) in [6.07, 6.45) is 0. The molecular weight excluding hydrogens is 246 g/mol. The van der Waals surface area contributed by atoms with E-state index in [-0.39, 0.29) is 16.3 Å². The van der Waals surface area contributed by atoms with Crippen LogP contribution in [0.15, 0.2) is 23.1 Å². The molecule has 7 nitrogen and oxygen atoms in total. The fourth-order valence-corrected chi connectivity index (χ4v) is 2.29. The smallest absolute Gasteiger partial charge is 0.328 e. The van der Waals surface area contributed by atoms with Crippen LogP contribution in [0, 0.1) is 0 Å². The van der Waals surface area contributed by atoms with Crippen LogP contribution in [0.1, 0.15) is 0 Å². The molecule has 0 radical (unpaired) electrons. The molecule has 0 bridgehead atoms. The summed E-state index contributed by atoms with van der Waals surface area (Å²) in [5, 5.41) is 2.14. The van der Waals surface area contributed by atoms with E-state index in [9.17, 15) is 13.2 Å². The third kappa shape index (κ3) is 3.00. The van der Waals surface area contributed by atoms with Crippen molar-refractivity contribution in [1.29, 1.82) is 0 Å². The van der Waals surface area contributed by atoms with Gasteiger partial charge in [0.2, 0.25) is 0 Å². The zero-order chi connectivity index (χ0) is 13.1. The van der Waals surface area contributed by atoms with Crippen LogP contribution in [0.2, 0.25) is 0 Å². The number of sulfonamides is 1. The highest BCUT2D eigenvalue weighted by Gasteiger charge is 2.21. The van der Waals surface area contributed by atoms with Crippen LogP contribution in [-0.4, -0.2) is 28.6 Å². The lowest BCUT2D eigenvalue weighted by Gasteiger charge is -2.10. The number of benzene rings is 1. The zero-order valence-electron chi connectivity index (χ0n) is 9.35. The van der Waals surface area contributed by atoms with Crippen LogP contribution in [0.5, 0.6) is 5.75 Å². The molecule has 4 N–H and O–H groups in total. The Balaban J connectivity index is 3.22. The molecule has 0 unspecified atom stereocenters. The molecule has 1 rings (SSSR count). The average Bonchev–Trinajstić information content (AvgIpc) is 2.28. The molecule has 0 spiro atoms. The van der Waals surface area contributed by atoms with E-state index >= 15 is 0 Å². The number of nitrogens with one attached hydrogen (secondary N) is 2. The Bertz CT molecular complexity index is 527. The molecule has 94 valence electrons. The highest BCUT2D eigenvalue weighted by molar-refractivity contribution is 7.90. The molecule has 1 aromatic carbocycles. The summed E-state index contributed by atoms with van der Waals surface area (Å²) >= 11 is 0. The van der Waals surface area contributed by atoms with Gasteiger partial charge in [0.25, 0.3) is 10.0 Å². The number of anilines is 1. The first-order valence-corrected chi connectivity index (χ1v) is 6.07. The Kier molecular flexibility index (Phi) is 3.79. The lowest BCUT2D eigenvalue weighted by atomic mass is 10.3. The summed E-state index contributed by atoms with van der Waals surface area (Å²) in [6, 6.07) is 3.28. The van der Waals surface area contributed by atoms with Gasteiger partial charge < -0.3 is 15.8 Å². The first-order valence-electron chi connectivity index (χ1n) is 4.58. The van der Waals surface area contributed by atoms with Crippen molar-refractivity contribution in [1.82, 2.24) is 10.0 Å². The van der Waals surface area contributed by atoms with Crippen LogP contribution in [0.3, 0.4) is 0 Å². The minimum absolute atomic E-state index is 0.107. The highest BCUT2D eigenvalue weighted by Crippen LogP contribution is 2.25. The molecule has 0 heterocycles. The van der Waals surface area contributed by atoms with E-state index in [0.717, 1.165) is 0 Å². The first kappa shape index (κ1) is 13.1. The van der Waals surface area contributed by atoms with Gasteiger partial charge in [-0.3, -0.25) is 0 Å². The van der Waals surface area contributed by atoms with Gasteiger partial charge in [0.05, 0.1) is 7.11 Å². The minimum atomic E-state index is -4.00. The first-order chi connectivity index (χ1) is 7.90. The van der Waals surface area contributed by atoms with Crippen LogP contribution < -0.4 is 20.5 Å². The Hall–Kier alpha value is -1.96. The second kappa shape index (κ2) is 4.91. The Labute approximate surface area is 99.0 Å². The number of nitrogens with two attached hydrogens (primary N) is 1. The van der Waals surface area contributed by atoms with Gasteiger partial charge in [-0.2, -0.15) is 0 Å². The number of amides is 2. The van der Waals surface area contributed by atoms with Crippen molar-refractivity contribution in [3.8, 4) is 5.75 Å². The Morgan fingerprint density at radius 2 is 2.06 bits per heavy atom. The summed E-state index contributed by atoms with van der Waals surface area (Å²) in [5.41, 5.74) is 5.75. The third-order valence-corrected chi connectivity index (χ3v) is 3.28. The van der Waals surface area contributed by atoms with E-state index in [0.29, 0.717) is 0 Å². The molecule has 0 fully saturated rings. The van der Waals surface area contributed by atoms with Gasteiger partial charge in [0.15, 0.2) is 0 Å². The predicted molar refractivity (Wildman–Crippen MR) is 62.2 cm³/mol. The fourth-order valence-electron chi connectivity index (χ4n) is 1.13. The maximum atomic E-state index is 11.8. The number of carbonyl (C=O) groups excluding carboxylic acids is 1.